The Hall–Kier alpha value is -2.82. The normalized spacial score (nSPS) is 10.1. The minimum absolute atomic E-state index is 0.502. The molecule has 0 aromatic carbocycles. The van der Waals surface area contributed by atoms with Crippen LogP contribution in [0.2, 0.25) is 0 Å². The molecule has 0 spiro atoms. The number of hydrogen-bond donors (Lipinski definition) is 1. The van der Waals surface area contributed by atoms with Crippen LogP contribution in [0.4, 0.5) is 11.8 Å². The molecule has 0 atom stereocenters. The van der Waals surface area contributed by atoms with Crippen LogP contribution in [0.3, 0.4) is 0 Å². The van der Waals surface area contributed by atoms with Crippen LogP contribution in [-0.4, -0.2) is 19.9 Å². The van der Waals surface area contributed by atoms with Crippen molar-refractivity contribution in [2.75, 3.05) is 5.32 Å². The molecule has 0 saturated carbocycles. The van der Waals surface area contributed by atoms with Gasteiger partial charge in [0.25, 0.3) is 0 Å². The Labute approximate surface area is 110 Å². The van der Waals surface area contributed by atoms with Gasteiger partial charge in [0.05, 0.1) is 11.4 Å². The highest BCUT2D eigenvalue weighted by atomic mass is 15.1. The lowest BCUT2D eigenvalue weighted by molar-refractivity contribution is 1.14. The summed E-state index contributed by atoms with van der Waals surface area (Å²) in [7, 11) is 0. The Morgan fingerprint density at radius 2 is 1.53 bits per heavy atom. The number of aromatic nitrogens is 4. The van der Waals surface area contributed by atoms with Crippen molar-refractivity contribution in [3.8, 4) is 11.4 Å². The summed E-state index contributed by atoms with van der Waals surface area (Å²) in [6.07, 6.45) is 5.15. The average Bonchev–Trinajstić information content (AvgIpc) is 2.49. The van der Waals surface area contributed by atoms with Gasteiger partial charge in [-0.25, -0.2) is 15.0 Å². The summed E-state index contributed by atoms with van der Waals surface area (Å²) in [6, 6.07) is 13.2. The first kappa shape index (κ1) is 11.3. The van der Waals surface area contributed by atoms with E-state index in [9.17, 15) is 0 Å². The van der Waals surface area contributed by atoms with Gasteiger partial charge in [-0.15, -0.1) is 0 Å². The molecule has 1 N–H and O–H groups in total. The van der Waals surface area contributed by atoms with Crippen LogP contribution in [0.25, 0.3) is 11.4 Å². The van der Waals surface area contributed by atoms with Gasteiger partial charge in [-0.2, -0.15) is 0 Å². The summed E-state index contributed by atoms with van der Waals surface area (Å²) >= 11 is 0. The molecule has 5 nitrogen and oxygen atoms in total. The Morgan fingerprint density at radius 3 is 2.26 bits per heavy atom. The van der Waals surface area contributed by atoms with Crippen LogP contribution in [0, 0.1) is 0 Å². The number of nitrogens with zero attached hydrogens (tertiary/aromatic N) is 4. The lowest BCUT2D eigenvalue weighted by Crippen LogP contribution is -1.99. The highest BCUT2D eigenvalue weighted by molar-refractivity contribution is 5.56. The number of rotatable bonds is 3. The van der Waals surface area contributed by atoms with E-state index in [0.29, 0.717) is 11.8 Å². The first-order chi connectivity index (χ1) is 9.42. The number of nitrogens with one attached hydrogen (secondary N) is 1. The molecule has 0 aliphatic rings. The van der Waals surface area contributed by atoms with Gasteiger partial charge in [-0.3, -0.25) is 4.98 Å². The second kappa shape index (κ2) is 5.22. The van der Waals surface area contributed by atoms with Gasteiger partial charge in [0.15, 0.2) is 0 Å². The summed E-state index contributed by atoms with van der Waals surface area (Å²) in [6.45, 7) is 0. The fourth-order valence-electron chi connectivity index (χ4n) is 1.63. The van der Waals surface area contributed by atoms with Crippen molar-refractivity contribution in [1.29, 1.82) is 0 Å². The van der Waals surface area contributed by atoms with Crippen molar-refractivity contribution in [2.24, 2.45) is 0 Å². The smallest absolute Gasteiger partial charge is 0.228 e. The van der Waals surface area contributed by atoms with Crippen LogP contribution in [0.15, 0.2) is 61.1 Å². The van der Waals surface area contributed by atoms with Crippen molar-refractivity contribution in [3.05, 3.63) is 61.1 Å². The Balaban J connectivity index is 1.89. The second-order valence-corrected chi connectivity index (χ2v) is 3.82. The number of hydrogen-bond acceptors (Lipinski definition) is 5. The maximum Gasteiger partial charge on any atom is 0.228 e. The summed E-state index contributed by atoms with van der Waals surface area (Å²) in [5, 5.41) is 3.05. The summed E-state index contributed by atoms with van der Waals surface area (Å²) in [5.74, 6) is 1.21. The molecule has 0 aliphatic heterocycles. The molecule has 3 aromatic rings. The zero-order valence-corrected chi connectivity index (χ0v) is 10.1. The summed E-state index contributed by atoms with van der Waals surface area (Å²) in [5.41, 5.74) is 1.59. The van der Waals surface area contributed by atoms with Crippen LogP contribution in [0.1, 0.15) is 0 Å². The van der Waals surface area contributed by atoms with Gasteiger partial charge in [0, 0.05) is 18.6 Å². The van der Waals surface area contributed by atoms with E-state index in [2.05, 4.69) is 25.3 Å². The molecular formula is C14H11N5. The van der Waals surface area contributed by atoms with Crippen LogP contribution in [-0.2, 0) is 0 Å². The lowest BCUT2D eigenvalue weighted by atomic mass is 10.3. The van der Waals surface area contributed by atoms with Crippen molar-refractivity contribution in [2.45, 2.75) is 0 Å². The molecule has 0 amide bonds. The summed E-state index contributed by atoms with van der Waals surface area (Å²) < 4.78 is 0. The minimum Gasteiger partial charge on any atom is -0.309 e. The van der Waals surface area contributed by atoms with E-state index in [4.69, 9.17) is 0 Å². The lowest BCUT2D eigenvalue weighted by Gasteiger charge is -2.05. The number of anilines is 2. The second-order valence-electron chi connectivity index (χ2n) is 3.82. The third-order valence-electron chi connectivity index (χ3n) is 2.49. The van der Waals surface area contributed by atoms with E-state index in [0.717, 1.165) is 11.4 Å². The molecular weight excluding hydrogens is 238 g/mol. The van der Waals surface area contributed by atoms with Crippen molar-refractivity contribution in [3.63, 3.8) is 0 Å². The van der Waals surface area contributed by atoms with Crippen molar-refractivity contribution in [1.82, 2.24) is 19.9 Å². The molecule has 0 unspecified atom stereocenters. The van der Waals surface area contributed by atoms with Crippen LogP contribution in [0.5, 0.6) is 0 Å². The molecule has 3 heterocycles. The first-order valence-electron chi connectivity index (χ1n) is 5.84. The van der Waals surface area contributed by atoms with Crippen LogP contribution >= 0.6 is 0 Å². The Morgan fingerprint density at radius 1 is 0.684 bits per heavy atom. The fraction of sp³-hybridized carbons (Fsp3) is 0. The maximum atomic E-state index is 4.41. The molecule has 0 fully saturated rings. The molecule has 3 rings (SSSR count). The minimum atomic E-state index is 0.502. The summed E-state index contributed by atoms with van der Waals surface area (Å²) in [4.78, 5) is 17.0. The topological polar surface area (TPSA) is 63.6 Å². The van der Waals surface area contributed by atoms with Gasteiger partial charge >= 0.3 is 0 Å². The van der Waals surface area contributed by atoms with Crippen LogP contribution < -0.4 is 5.32 Å². The largest absolute Gasteiger partial charge is 0.309 e. The number of pyridine rings is 2. The Kier molecular flexibility index (Phi) is 3.10. The van der Waals surface area contributed by atoms with Crippen molar-refractivity contribution >= 4 is 11.8 Å². The molecule has 19 heavy (non-hydrogen) atoms. The molecule has 0 radical (unpaired) electrons. The van der Waals surface area contributed by atoms with Gasteiger partial charge < -0.3 is 5.32 Å². The van der Waals surface area contributed by atoms with E-state index in [1.54, 1.807) is 18.6 Å². The van der Waals surface area contributed by atoms with Gasteiger partial charge in [-0.1, -0.05) is 12.1 Å². The van der Waals surface area contributed by atoms with E-state index < -0.39 is 0 Å². The molecule has 0 bridgehead atoms. The first-order valence-corrected chi connectivity index (χ1v) is 5.84. The van der Waals surface area contributed by atoms with E-state index in [1.807, 2.05) is 42.5 Å². The van der Waals surface area contributed by atoms with Gasteiger partial charge in [-0.05, 0) is 30.3 Å². The molecule has 92 valence electrons. The van der Waals surface area contributed by atoms with Gasteiger partial charge in [0.1, 0.15) is 5.82 Å². The van der Waals surface area contributed by atoms with E-state index in [-0.39, 0.29) is 0 Å². The molecule has 0 aliphatic carbocycles. The van der Waals surface area contributed by atoms with E-state index in [1.165, 1.54) is 0 Å². The van der Waals surface area contributed by atoms with Crippen molar-refractivity contribution < 1.29 is 0 Å². The third-order valence-corrected chi connectivity index (χ3v) is 2.49. The highest BCUT2D eigenvalue weighted by Crippen LogP contribution is 2.15. The Bertz CT molecular complexity index is 655. The molecule has 0 saturated heterocycles. The quantitative estimate of drug-likeness (QED) is 0.773. The predicted molar refractivity (Wildman–Crippen MR) is 72.8 cm³/mol. The molecule has 5 heteroatoms. The highest BCUT2D eigenvalue weighted by Gasteiger charge is 2.03. The predicted octanol–water partition coefficient (Wildman–Crippen LogP) is 2.68. The third kappa shape index (κ3) is 2.71. The monoisotopic (exact) mass is 249 g/mol. The average molecular weight is 249 g/mol. The SMILES string of the molecule is c1ccc(Nc2nccc(-c3ccccn3)n2)nc1. The maximum absolute atomic E-state index is 4.41. The fourth-order valence-corrected chi connectivity index (χ4v) is 1.63. The standard InChI is InChI=1S/C14H11N5/c1-3-8-15-11(5-1)12-7-10-17-14(18-12)19-13-6-2-4-9-16-13/h1-10H,(H,16,17,18,19). The zero-order chi connectivity index (χ0) is 12.9. The van der Waals surface area contributed by atoms with Gasteiger partial charge in [0.2, 0.25) is 5.95 Å². The molecule has 3 aromatic heterocycles. The van der Waals surface area contributed by atoms with E-state index >= 15 is 0 Å². The zero-order valence-electron chi connectivity index (χ0n) is 10.1.